The van der Waals surface area contributed by atoms with Crippen molar-refractivity contribution < 1.29 is 37.5 Å². The summed E-state index contributed by atoms with van der Waals surface area (Å²) in [6.45, 7) is 2.18. The summed E-state index contributed by atoms with van der Waals surface area (Å²) in [5.74, 6) is -3.96. The van der Waals surface area contributed by atoms with Gasteiger partial charge >= 0.3 is 12.1 Å². The fraction of sp³-hybridized carbons (Fsp3) is 0.571. The minimum Gasteiger partial charge on any atom is -0.475 e. The molecule has 3 rings (SSSR count). The zero-order valence-electron chi connectivity index (χ0n) is 12.8. The number of halogens is 3. The van der Waals surface area contributed by atoms with E-state index >= 15 is 0 Å². The zero-order valence-corrected chi connectivity index (χ0v) is 12.8. The molecule has 0 radical (unpaired) electrons. The molecular formula is C14H15F3N2O5. The maximum absolute atomic E-state index is 12.2. The Labute approximate surface area is 134 Å². The van der Waals surface area contributed by atoms with E-state index in [0.29, 0.717) is 6.54 Å². The molecule has 0 aromatic rings. The molecule has 3 aliphatic rings. The summed E-state index contributed by atoms with van der Waals surface area (Å²) >= 11 is 0. The standard InChI is InChI=1S/C12H14N2O3.C2HF3O2/c1-3-14-11(16)8-6-4-5-7(15)10(13(6)2)9(8)12(14)17;3-2(4,5)1(6)7/h4-6,8-10H,3H2,1-2H3;(H,6,7). The van der Waals surface area contributed by atoms with Gasteiger partial charge in [0.2, 0.25) is 11.8 Å². The number of carboxylic acids is 1. The van der Waals surface area contributed by atoms with Gasteiger partial charge in [-0.1, -0.05) is 6.08 Å². The molecule has 0 spiro atoms. The number of aliphatic carboxylic acids is 1. The Hall–Kier alpha value is -2.23. The van der Waals surface area contributed by atoms with Crippen LogP contribution in [0.2, 0.25) is 0 Å². The van der Waals surface area contributed by atoms with Crippen molar-refractivity contribution in [3.8, 4) is 0 Å². The number of imide groups is 1. The molecule has 2 fully saturated rings. The summed E-state index contributed by atoms with van der Waals surface area (Å²) in [6.07, 6.45) is -1.81. The molecule has 3 heterocycles. The molecular weight excluding hydrogens is 333 g/mol. The Kier molecular flexibility index (Phi) is 4.53. The minimum atomic E-state index is -5.08. The maximum atomic E-state index is 12.2. The smallest absolute Gasteiger partial charge is 0.475 e. The Balaban J connectivity index is 0.000000256. The summed E-state index contributed by atoms with van der Waals surface area (Å²) in [5, 5.41) is 7.12. The van der Waals surface area contributed by atoms with E-state index in [9.17, 15) is 27.6 Å². The van der Waals surface area contributed by atoms with Crippen molar-refractivity contribution >= 4 is 23.6 Å². The van der Waals surface area contributed by atoms with E-state index in [2.05, 4.69) is 0 Å². The third kappa shape index (κ3) is 2.70. The lowest BCUT2D eigenvalue weighted by atomic mass is 9.90. The van der Waals surface area contributed by atoms with Crippen LogP contribution in [0.1, 0.15) is 6.92 Å². The van der Waals surface area contributed by atoms with Gasteiger partial charge in [0.25, 0.3) is 0 Å². The normalized spacial score (nSPS) is 31.9. The average molecular weight is 348 g/mol. The van der Waals surface area contributed by atoms with Crippen molar-refractivity contribution in [1.29, 1.82) is 0 Å². The number of rotatable bonds is 1. The number of amides is 2. The van der Waals surface area contributed by atoms with Crippen LogP contribution in [0.5, 0.6) is 0 Å². The molecule has 1 N–H and O–H groups in total. The second kappa shape index (κ2) is 6.00. The molecule has 2 bridgehead atoms. The Morgan fingerprint density at radius 3 is 2.17 bits per heavy atom. The van der Waals surface area contributed by atoms with E-state index in [1.54, 1.807) is 13.0 Å². The summed E-state index contributed by atoms with van der Waals surface area (Å²) < 4.78 is 31.7. The largest absolute Gasteiger partial charge is 0.490 e. The van der Waals surface area contributed by atoms with E-state index in [1.165, 1.54) is 11.0 Å². The monoisotopic (exact) mass is 348 g/mol. The number of ketones is 1. The molecule has 4 atom stereocenters. The molecule has 132 valence electrons. The average Bonchev–Trinajstić information content (AvgIpc) is 2.81. The first-order valence-corrected chi connectivity index (χ1v) is 7.11. The number of carboxylic acid groups (broad SMARTS) is 1. The number of likely N-dealkylation sites (N-methyl/N-ethyl adjacent to an activating group) is 1. The van der Waals surface area contributed by atoms with Gasteiger partial charge in [-0.05, 0) is 20.0 Å². The highest BCUT2D eigenvalue weighted by atomic mass is 19.4. The first-order valence-electron chi connectivity index (χ1n) is 7.11. The van der Waals surface area contributed by atoms with Gasteiger partial charge in [-0.25, -0.2) is 4.79 Å². The van der Waals surface area contributed by atoms with Gasteiger partial charge in [0.15, 0.2) is 5.78 Å². The lowest BCUT2D eigenvalue weighted by Gasteiger charge is -2.29. The molecule has 2 amide bonds. The highest BCUT2D eigenvalue weighted by Gasteiger charge is 2.62. The molecule has 0 aromatic heterocycles. The predicted molar refractivity (Wildman–Crippen MR) is 72.6 cm³/mol. The van der Waals surface area contributed by atoms with Gasteiger partial charge in [0.05, 0.1) is 17.9 Å². The summed E-state index contributed by atoms with van der Waals surface area (Å²) in [7, 11) is 1.81. The maximum Gasteiger partial charge on any atom is 0.490 e. The predicted octanol–water partition coefficient (Wildman–Crippen LogP) is 0.0623. The van der Waals surface area contributed by atoms with Gasteiger partial charge in [0.1, 0.15) is 0 Å². The summed E-state index contributed by atoms with van der Waals surface area (Å²) in [6, 6.07) is -0.543. The SMILES string of the molecule is CCN1C(=O)C2C(C1=O)C1C(=O)C=CC2N1C.O=C(O)C(F)(F)F. The van der Waals surface area contributed by atoms with Crippen LogP contribution in [-0.4, -0.2) is 70.3 Å². The minimum absolute atomic E-state index is 0.0599. The van der Waals surface area contributed by atoms with E-state index < -0.39 is 24.1 Å². The van der Waals surface area contributed by atoms with Crippen LogP contribution in [0, 0.1) is 11.8 Å². The number of alkyl halides is 3. The summed E-state index contributed by atoms with van der Waals surface area (Å²) in [5.41, 5.74) is 0. The molecule has 7 nitrogen and oxygen atoms in total. The highest BCUT2D eigenvalue weighted by Crippen LogP contribution is 2.44. The molecule has 2 saturated heterocycles. The van der Waals surface area contributed by atoms with E-state index in [0.717, 1.165) is 0 Å². The van der Waals surface area contributed by atoms with Crippen LogP contribution in [-0.2, 0) is 19.2 Å². The Morgan fingerprint density at radius 2 is 1.71 bits per heavy atom. The molecule has 4 unspecified atom stereocenters. The molecule has 10 heteroatoms. The highest BCUT2D eigenvalue weighted by molar-refractivity contribution is 6.11. The molecule has 0 aromatic carbocycles. The fourth-order valence-electron chi connectivity index (χ4n) is 3.39. The van der Waals surface area contributed by atoms with Crippen molar-refractivity contribution in [1.82, 2.24) is 9.80 Å². The van der Waals surface area contributed by atoms with Crippen molar-refractivity contribution in [2.75, 3.05) is 13.6 Å². The van der Waals surface area contributed by atoms with Crippen molar-refractivity contribution in [2.45, 2.75) is 25.2 Å². The van der Waals surface area contributed by atoms with Crippen LogP contribution < -0.4 is 0 Å². The van der Waals surface area contributed by atoms with Gasteiger partial charge in [-0.3, -0.25) is 24.2 Å². The lowest BCUT2D eigenvalue weighted by Crippen LogP contribution is -2.47. The number of hydrogen-bond donors (Lipinski definition) is 1. The van der Waals surface area contributed by atoms with Gasteiger partial charge < -0.3 is 5.11 Å². The fourth-order valence-corrected chi connectivity index (χ4v) is 3.39. The van der Waals surface area contributed by atoms with Crippen molar-refractivity contribution in [3.63, 3.8) is 0 Å². The number of hydrogen-bond acceptors (Lipinski definition) is 5. The third-order valence-corrected chi connectivity index (χ3v) is 4.41. The molecule has 0 saturated carbocycles. The van der Waals surface area contributed by atoms with Crippen LogP contribution in [0.4, 0.5) is 13.2 Å². The first-order chi connectivity index (χ1) is 11.0. The van der Waals surface area contributed by atoms with Gasteiger partial charge in [-0.15, -0.1) is 0 Å². The Morgan fingerprint density at radius 1 is 1.21 bits per heavy atom. The lowest BCUT2D eigenvalue weighted by molar-refractivity contribution is -0.192. The van der Waals surface area contributed by atoms with Gasteiger partial charge in [-0.2, -0.15) is 13.2 Å². The van der Waals surface area contributed by atoms with Crippen LogP contribution >= 0.6 is 0 Å². The van der Waals surface area contributed by atoms with Crippen LogP contribution in [0.25, 0.3) is 0 Å². The quantitative estimate of drug-likeness (QED) is 0.674. The van der Waals surface area contributed by atoms with Crippen LogP contribution in [0.15, 0.2) is 12.2 Å². The third-order valence-electron chi connectivity index (χ3n) is 4.41. The Bertz CT molecular complexity index is 630. The molecule has 0 aliphatic carbocycles. The number of nitrogens with zero attached hydrogens (tertiary/aromatic N) is 2. The summed E-state index contributed by atoms with van der Waals surface area (Å²) in [4.78, 5) is 48.2. The number of carbonyl (C=O) groups is 4. The number of likely N-dealkylation sites (tertiary alicyclic amines) is 1. The van der Waals surface area contributed by atoms with Crippen molar-refractivity contribution in [2.24, 2.45) is 11.8 Å². The second-order valence-electron chi connectivity index (χ2n) is 5.64. The zero-order chi connectivity index (χ0) is 18.4. The number of carbonyl (C=O) groups excluding carboxylic acids is 3. The van der Waals surface area contributed by atoms with E-state index in [-0.39, 0.29) is 29.6 Å². The van der Waals surface area contributed by atoms with Gasteiger partial charge in [0, 0.05) is 12.6 Å². The number of fused-ring (bicyclic) bond motifs is 5. The topological polar surface area (TPSA) is 95.0 Å². The van der Waals surface area contributed by atoms with Crippen molar-refractivity contribution in [3.05, 3.63) is 12.2 Å². The molecule has 24 heavy (non-hydrogen) atoms. The van der Waals surface area contributed by atoms with E-state index in [1.807, 2.05) is 11.9 Å². The molecule has 3 aliphatic heterocycles. The first kappa shape index (κ1) is 18.1. The second-order valence-corrected chi connectivity index (χ2v) is 5.64. The van der Waals surface area contributed by atoms with Crippen LogP contribution in [0.3, 0.4) is 0 Å². The van der Waals surface area contributed by atoms with E-state index in [4.69, 9.17) is 9.90 Å².